The average Bonchev–Trinajstić information content (AvgIpc) is 2.63. The van der Waals surface area contributed by atoms with Gasteiger partial charge >= 0.3 is 6.09 Å². The molecule has 4 N–H and O–H groups in total. The SMILES string of the molecule is Cc1ccc(NC(=O)O[C@@H](C/C=C/C(=O)NO)c2ccc(O)cc2)cc1. The number of benzene rings is 2. The number of phenols is 1. The van der Waals surface area contributed by atoms with Crippen molar-refractivity contribution in [3.8, 4) is 5.75 Å². The molecule has 2 aromatic carbocycles. The maximum absolute atomic E-state index is 12.2. The fraction of sp³-hybridized carbons (Fsp3) is 0.158. The van der Waals surface area contributed by atoms with Crippen molar-refractivity contribution in [2.75, 3.05) is 5.32 Å². The van der Waals surface area contributed by atoms with Crippen molar-refractivity contribution in [1.29, 1.82) is 0 Å². The first kappa shape index (κ1) is 19.0. The molecule has 2 rings (SSSR count). The van der Waals surface area contributed by atoms with Gasteiger partial charge in [-0.3, -0.25) is 15.3 Å². The number of amides is 2. The molecule has 1 atom stereocenters. The molecule has 0 fully saturated rings. The van der Waals surface area contributed by atoms with Gasteiger partial charge in [0.1, 0.15) is 11.9 Å². The number of anilines is 1. The van der Waals surface area contributed by atoms with E-state index in [2.05, 4.69) is 5.32 Å². The van der Waals surface area contributed by atoms with Crippen LogP contribution in [-0.4, -0.2) is 22.3 Å². The molecular formula is C19H20N2O5. The molecule has 2 aromatic rings. The van der Waals surface area contributed by atoms with E-state index in [9.17, 15) is 14.7 Å². The molecule has 26 heavy (non-hydrogen) atoms. The molecule has 0 spiro atoms. The van der Waals surface area contributed by atoms with E-state index in [1.807, 2.05) is 19.1 Å². The zero-order valence-corrected chi connectivity index (χ0v) is 14.2. The maximum atomic E-state index is 12.2. The summed E-state index contributed by atoms with van der Waals surface area (Å²) in [6, 6.07) is 13.5. The van der Waals surface area contributed by atoms with Crippen LogP contribution < -0.4 is 10.8 Å². The number of ether oxygens (including phenoxy) is 1. The summed E-state index contributed by atoms with van der Waals surface area (Å²) < 4.78 is 5.45. The van der Waals surface area contributed by atoms with Gasteiger partial charge in [-0.1, -0.05) is 35.9 Å². The molecule has 0 aliphatic heterocycles. The highest BCUT2D eigenvalue weighted by Gasteiger charge is 2.16. The van der Waals surface area contributed by atoms with E-state index >= 15 is 0 Å². The van der Waals surface area contributed by atoms with Crippen molar-refractivity contribution in [1.82, 2.24) is 5.48 Å². The van der Waals surface area contributed by atoms with Crippen LogP contribution >= 0.6 is 0 Å². The summed E-state index contributed by atoms with van der Waals surface area (Å²) in [5, 5.41) is 20.5. The molecule has 0 bridgehead atoms. The summed E-state index contributed by atoms with van der Waals surface area (Å²) in [4.78, 5) is 23.2. The third-order valence-corrected chi connectivity index (χ3v) is 3.54. The number of carbonyl (C=O) groups is 2. The fourth-order valence-electron chi connectivity index (χ4n) is 2.19. The van der Waals surface area contributed by atoms with Crippen LogP contribution in [0.15, 0.2) is 60.7 Å². The molecule has 0 radical (unpaired) electrons. The highest BCUT2D eigenvalue weighted by Crippen LogP contribution is 2.24. The van der Waals surface area contributed by atoms with Crippen molar-refractivity contribution >= 4 is 17.7 Å². The number of phenolic OH excluding ortho intramolecular Hbond substituents is 1. The summed E-state index contributed by atoms with van der Waals surface area (Å²) in [6.07, 6.45) is 1.49. The molecule has 0 unspecified atom stereocenters. The molecule has 0 saturated heterocycles. The molecule has 136 valence electrons. The third kappa shape index (κ3) is 5.95. The van der Waals surface area contributed by atoms with Gasteiger partial charge in [0.2, 0.25) is 0 Å². The van der Waals surface area contributed by atoms with Gasteiger partial charge in [0, 0.05) is 18.2 Å². The Hall–Kier alpha value is -3.32. The van der Waals surface area contributed by atoms with E-state index in [1.54, 1.807) is 24.3 Å². The van der Waals surface area contributed by atoms with Crippen LogP contribution in [0.25, 0.3) is 0 Å². The van der Waals surface area contributed by atoms with Crippen molar-refractivity contribution in [2.45, 2.75) is 19.4 Å². The predicted octanol–water partition coefficient (Wildman–Crippen LogP) is 3.44. The highest BCUT2D eigenvalue weighted by atomic mass is 16.6. The minimum Gasteiger partial charge on any atom is -0.508 e. The lowest BCUT2D eigenvalue weighted by Crippen LogP contribution is -2.18. The van der Waals surface area contributed by atoms with Gasteiger partial charge in [0.05, 0.1) is 0 Å². The molecule has 7 nitrogen and oxygen atoms in total. The fourth-order valence-corrected chi connectivity index (χ4v) is 2.19. The lowest BCUT2D eigenvalue weighted by Gasteiger charge is -2.17. The average molecular weight is 356 g/mol. The Labute approximate surface area is 150 Å². The monoisotopic (exact) mass is 356 g/mol. The molecule has 7 heteroatoms. The summed E-state index contributed by atoms with van der Waals surface area (Å²) >= 11 is 0. The molecule has 0 heterocycles. The summed E-state index contributed by atoms with van der Waals surface area (Å²) in [5.74, 6) is -0.592. The number of carbonyl (C=O) groups excluding carboxylic acids is 2. The Kier molecular flexibility index (Phi) is 6.75. The number of rotatable bonds is 6. The summed E-state index contributed by atoms with van der Waals surface area (Å²) in [7, 11) is 0. The number of aryl methyl sites for hydroxylation is 1. The van der Waals surface area contributed by atoms with E-state index < -0.39 is 18.1 Å². The Balaban J connectivity index is 2.07. The quantitative estimate of drug-likeness (QED) is 0.360. The van der Waals surface area contributed by atoms with Gasteiger partial charge in [-0.25, -0.2) is 10.3 Å². The Morgan fingerprint density at radius 1 is 1.12 bits per heavy atom. The van der Waals surface area contributed by atoms with E-state index in [0.717, 1.165) is 11.6 Å². The molecule has 2 amide bonds. The summed E-state index contributed by atoms with van der Waals surface area (Å²) in [6.45, 7) is 1.94. The van der Waals surface area contributed by atoms with Crippen LogP contribution in [0, 0.1) is 6.92 Å². The number of hydrogen-bond acceptors (Lipinski definition) is 5. The van der Waals surface area contributed by atoms with Crippen molar-refractivity contribution in [3.63, 3.8) is 0 Å². The number of hydroxylamine groups is 1. The van der Waals surface area contributed by atoms with Crippen LogP contribution in [0.3, 0.4) is 0 Å². The van der Waals surface area contributed by atoms with Gasteiger partial charge in [-0.05, 0) is 36.8 Å². The van der Waals surface area contributed by atoms with Gasteiger partial charge in [-0.2, -0.15) is 0 Å². The minimum atomic E-state index is -0.682. The van der Waals surface area contributed by atoms with Gasteiger partial charge in [0.25, 0.3) is 5.91 Å². The molecule has 0 aliphatic carbocycles. The highest BCUT2D eigenvalue weighted by molar-refractivity contribution is 5.86. The first-order valence-electron chi connectivity index (χ1n) is 7.92. The second-order valence-corrected chi connectivity index (χ2v) is 5.59. The van der Waals surface area contributed by atoms with E-state index in [4.69, 9.17) is 9.94 Å². The zero-order chi connectivity index (χ0) is 18.9. The first-order valence-corrected chi connectivity index (χ1v) is 7.92. The van der Waals surface area contributed by atoms with E-state index in [-0.39, 0.29) is 12.2 Å². The van der Waals surface area contributed by atoms with Crippen molar-refractivity contribution in [2.24, 2.45) is 0 Å². The zero-order valence-electron chi connectivity index (χ0n) is 14.2. The molecule has 0 aliphatic rings. The summed E-state index contributed by atoms with van der Waals surface area (Å²) in [5.41, 5.74) is 3.80. The second-order valence-electron chi connectivity index (χ2n) is 5.59. The van der Waals surface area contributed by atoms with E-state index in [0.29, 0.717) is 11.3 Å². The lowest BCUT2D eigenvalue weighted by atomic mass is 10.1. The lowest BCUT2D eigenvalue weighted by molar-refractivity contribution is -0.124. The van der Waals surface area contributed by atoms with Crippen LogP contribution in [0.5, 0.6) is 5.75 Å². The van der Waals surface area contributed by atoms with Gasteiger partial charge < -0.3 is 9.84 Å². The van der Waals surface area contributed by atoms with Crippen LogP contribution in [0.2, 0.25) is 0 Å². The normalized spacial score (nSPS) is 11.8. The largest absolute Gasteiger partial charge is 0.508 e. The molecule has 0 saturated carbocycles. The van der Waals surface area contributed by atoms with Gasteiger partial charge in [0.15, 0.2) is 0 Å². The standard InChI is InChI=1S/C19H20N2O5/c1-13-5-9-15(10-6-13)20-19(24)26-17(3-2-4-18(23)21-25)14-7-11-16(22)12-8-14/h2,4-12,17,22,25H,3H2,1H3,(H,20,24)(H,21,23)/b4-2+/t17-/m0/s1. The maximum Gasteiger partial charge on any atom is 0.412 e. The Morgan fingerprint density at radius 2 is 1.77 bits per heavy atom. The first-order chi connectivity index (χ1) is 12.5. The topological polar surface area (TPSA) is 108 Å². The number of hydrogen-bond donors (Lipinski definition) is 4. The Bertz CT molecular complexity index is 770. The van der Waals surface area contributed by atoms with Crippen LogP contribution in [-0.2, 0) is 9.53 Å². The predicted molar refractivity (Wildman–Crippen MR) is 95.8 cm³/mol. The van der Waals surface area contributed by atoms with Crippen LogP contribution in [0.4, 0.5) is 10.5 Å². The molecule has 0 aromatic heterocycles. The number of nitrogens with one attached hydrogen (secondary N) is 2. The Morgan fingerprint density at radius 3 is 2.38 bits per heavy atom. The van der Waals surface area contributed by atoms with Crippen molar-refractivity contribution < 1.29 is 24.6 Å². The van der Waals surface area contributed by atoms with E-state index in [1.165, 1.54) is 23.7 Å². The van der Waals surface area contributed by atoms with Gasteiger partial charge in [-0.15, -0.1) is 0 Å². The smallest absolute Gasteiger partial charge is 0.412 e. The second kappa shape index (κ2) is 9.24. The number of aromatic hydroxyl groups is 1. The molecular weight excluding hydrogens is 336 g/mol. The van der Waals surface area contributed by atoms with Crippen molar-refractivity contribution in [3.05, 3.63) is 71.8 Å². The van der Waals surface area contributed by atoms with Crippen LogP contribution in [0.1, 0.15) is 23.7 Å². The third-order valence-electron chi connectivity index (χ3n) is 3.54. The minimum absolute atomic E-state index is 0.0896.